The number of aryl methyl sites for hydroxylation is 1. The van der Waals surface area contributed by atoms with Crippen molar-refractivity contribution >= 4 is 29.6 Å². The number of anilines is 1. The summed E-state index contributed by atoms with van der Waals surface area (Å²) in [5.41, 5.74) is 1.61. The fourth-order valence-corrected chi connectivity index (χ4v) is 2.94. The summed E-state index contributed by atoms with van der Waals surface area (Å²) < 4.78 is 15.9. The van der Waals surface area contributed by atoms with Crippen LogP contribution >= 0.6 is 0 Å². The Balaban J connectivity index is 2.06. The number of ether oxygens (including phenoxy) is 3. The highest BCUT2D eigenvalue weighted by atomic mass is 16.5. The van der Waals surface area contributed by atoms with Gasteiger partial charge < -0.3 is 14.2 Å². The van der Waals surface area contributed by atoms with E-state index in [9.17, 15) is 14.4 Å². The van der Waals surface area contributed by atoms with Crippen molar-refractivity contribution in [2.24, 2.45) is 0 Å². The van der Waals surface area contributed by atoms with Gasteiger partial charge in [-0.1, -0.05) is 17.7 Å². The molecule has 0 radical (unpaired) electrons. The van der Waals surface area contributed by atoms with Gasteiger partial charge in [-0.05, 0) is 42.8 Å². The second kappa shape index (κ2) is 8.05. The number of hydrogen-bond donors (Lipinski definition) is 1. The van der Waals surface area contributed by atoms with Crippen LogP contribution in [-0.2, 0) is 9.59 Å². The predicted octanol–water partition coefficient (Wildman–Crippen LogP) is 2.69. The van der Waals surface area contributed by atoms with E-state index in [4.69, 9.17) is 14.2 Å². The van der Waals surface area contributed by atoms with Crippen LogP contribution in [0.25, 0.3) is 6.08 Å². The zero-order valence-corrected chi connectivity index (χ0v) is 16.4. The van der Waals surface area contributed by atoms with Crippen molar-refractivity contribution < 1.29 is 28.6 Å². The number of barbiturate groups is 1. The molecule has 0 saturated carbocycles. The first-order valence-electron chi connectivity index (χ1n) is 8.67. The zero-order valence-electron chi connectivity index (χ0n) is 16.4. The Bertz CT molecular complexity index is 985. The predicted molar refractivity (Wildman–Crippen MR) is 106 cm³/mol. The highest BCUT2D eigenvalue weighted by Crippen LogP contribution is 2.39. The first-order chi connectivity index (χ1) is 13.9. The van der Waals surface area contributed by atoms with Crippen LogP contribution in [0.1, 0.15) is 11.1 Å². The number of carbonyl (C=O) groups excluding carboxylic acids is 3. The highest BCUT2D eigenvalue weighted by Gasteiger charge is 2.36. The van der Waals surface area contributed by atoms with Crippen molar-refractivity contribution in [3.8, 4) is 17.2 Å². The highest BCUT2D eigenvalue weighted by molar-refractivity contribution is 6.39. The topological polar surface area (TPSA) is 94.2 Å². The van der Waals surface area contributed by atoms with Gasteiger partial charge in [-0.15, -0.1) is 0 Å². The number of amides is 4. The minimum atomic E-state index is -0.800. The number of hydrogen-bond acceptors (Lipinski definition) is 6. The summed E-state index contributed by atoms with van der Waals surface area (Å²) in [5.74, 6) is -0.385. The summed E-state index contributed by atoms with van der Waals surface area (Å²) in [6.45, 7) is 1.89. The molecule has 0 bridgehead atoms. The molecule has 2 aromatic rings. The number of rotatable bonds is 5. The van der Waals surface area contributed by atoms with Crippen molar-refractivity contribution in [3.63, 3.8) is 0 Å². The molecule has 0 unspecified atom stereocenters. The van der Waals surface area contributed by atoms with E-state index in [1.807, 2.05) is 6.92 Å². The van der Waals surface area contributed by atoms with Gasteiger partial charge in [0, 0.05) is 0 Å². The Labute approximate surface area is 167 Å². The van der Waals surface area contributed by atoms with Crippen molar-refractivity contribution in [3.05, 3.63) is 53.1 Å². The molecule has 1 fully saturated rings. The largest absolute Gasteiger partial charge is 0.493 e. The molecule has 1 aliphatic heterocycles. The van der Waals surface area contributed by atoms with Gasteiger partial charge in [0.05, 0.1) is 27.0 Å². The summed E-state index contributed by atoms with van der Waals surface area (Å²) >= 11 is 0. The first kappa shape index (κ1) is 19.9. The van der Waals surface area contributed by atoms with E-state index in [2.05, 4.69) is 5.32 Å². The third-order valence-corrected chi connectivity index (χ3v) is 4.39. The Morgan fingerprint density at radius 1 is 0.897 bits per heavy atom. The fraction of sp³-hybridized carbons (Fsp3) is 0.190. The SMILES string of the molecule is COc1cc(C=C2C(=O)NC(=O)N(c3ccc(C)cc3)C2=O)cc(OC)c1OC. The average molecular weight is 396 g/mol. The number of benzene rings is 2. The third kappa shape index (κ3) is 3.77. The lowest BCUT2D eigenvalue weighted by molar-refractivity contribution is -0.122. The Hall–Kier alpha value is -3.81. The summed E-state index contributed by atoms with van der Waals surface area (Å²) in [5, 5.41) is 2.19. The molecule has 8 heteroatoms. The molecule has 1 heterocycles. The maximum absolute atomic E-state index is 13.0. The van der Waals surface area contributed by atoms with Crippen molar-refractivity contribution in [1.82, 2.24) is 5.32 Å². The van der Waals surface area contributed by atoms with Crippen molar-refractivity contribution in [2.75, 3.05) is 26.2 Å². The zero-order chi connectivity index (χ0) is 21.1. The Morgan fingerprint density at radius 2 is 1.48 bits per heavy atom. The average Bonchev–Trinajstić information content (AvgIpc) is 2.71. The number of nitrogens with one attached hydrogen (secondary N) is 1. The van der Waals surface area contributed by atoms with Crippen LogP contribution in [0.4, 0.5) is 10.5 Å². The molecule has 29 heavy (non-hydrogen) atoms. The van der Waals surface area contributed by atoms with Gasteiger partial charge in [-0.2, -0.15) is 0 Å². The minimum absolute atomic E-state index is 0.195. The van der Waals surface area contributed by atoms with E-state index < -0.39 is 17.8 Å². The van der Waals surface area contributed by atoms with Crippen molar-refractivity contribution in [1.29, 1.82) is 0 Å². The monoisotopic (exact) mass is 396 g/mol. The number of nitrogens with zero attached hydrogens (tertiary/aromatic N) is 1. The van der Waals surface area contributed by atoms with Gasteiger partial charge in [0.1, 0.15) is 5.57 Å². The standard InChI is InChI=1S/C21H20N2O6/c1-12-5-7-14(8-6-12)23-20(25)15(19(24)22-21(23)26)9-13-10-16(27-2)18(29-4)17(11-13)28-3/h5-11H,1-4H3,(H,22,24,26). The Kier molecular flexibility index (Phi) is 5.54. The van der Waals surface area contributed by atoms with E-state index in [1.165, 1.54) is 27.4 Å². The van der Waals surface area contributed by atoms with Crippen LogP contribution in [0.5, 0.6) is 17.2 Å². The summed E-state index contributed by atoms with van der Waals surface area (Å²) in [4.78, 5) is 38.5. The lowest BCUT2D eigenvalue weighted by Gasteiger charge is -2.26. The second-order valence-electron chi connectivity index (χ2n) is 6.25. The molecule has 4 amide bonds. The van der Waals surface area contributed by atoms with Crippen molar-refractivity contribution in [2.45, 2.75) is 6.92 Å². The Morgan fingerprint density at radius 3 is 2.00 bits per heavy atom. The fourth-order valence-electron chi connectivity index (χ4n) is 2.94. The van der Waals surface area contributed by atoms with Gasteiger partial charge in [0.15, 0.2) is 11.5 Å². The van der Waals surface area contributed by atoms with Crippen LogP contribution in [-0.4, -0.2) is 39.2 Å². The van der Waals surface area contributed by atoms with Crippen LogP contribution in [0, 0.1) is 6.92 Å². The van der Waals surface area contributed by atoms with E-state index in [-0.39, 0.29) is 5.57 Å². The molecule has 150 valence electrons. The first-order valence-corrected chi connectivity index (χ1v) is 8.67. The van der Waals surface area contributed by atoms with Gasteiger partial charge in [0.25, 0.3) is 11.8 Å². The molecule has 0 aliphatic carbocycles. The van der Waals surface area contributed by atoms with Gasteiger partial charge in [-0.25, -0.2) is 9.69 Å². The quantitative estimate of drug-likeness (QED) is 0.617. The molecule has 8 nitrogen and oxygen atoms in total. The minimum Gasteiger partial charge on any atom is -0.493 e. The lowest BCUT2D eigenvalue weighted by Crippen LogP contribution is -2.54. The molecule has 3 rings (SSSR count). The van der Waals surface area contributed by atoms with Gasteiger partial charge in [0.2, 0.25) is 5.75 Å². The molecule has 0 atom stereocenters. The normalized spacial score (nSPS) is 15.4. The third-order valence-electron chi connectivity index (χ3n) is 4.39. The summed E-state index contributed by atoms with van der Waals surface area (Å²) in [7, 11) is 4.40. The van der Waals surface area contributed by atoms with Crippen LogP contribution in [0.3, 0.4) is 0 Å². The summed E-state index contributed by atoms with van der Waals surface area (Å²) in [6.07, 6.45) is 1.37. The summed E-state index contributed by atoms with van der Waals surface area (Å²) in [6, 6.07) is 9.22. The van der Waals surface area contributed by atoms with E-state index >= 15 is 0 Å². The molecular weight excluding hydrogens is 376 g/mol. The van der Waals surface area contributed by atoms with Gasteiger partial charge in [-0.3, -0.25) is 14.9 Å². The second-order valence-corrected chi connectivity index (χ2v) is 6.25. The molecule has 1 N–H and O–H groups in total. The van der Waals surface area contributed by atoms with Crippen LogP contribution < -0.4 is 24.4 Å². The lowest BCUT2D eigenvalue weighted by atomic mass is 10.1. The maximum atomic E-state index is 13.0. The number of imide groups is 2. The molecule has 2 aromatic carbocycles. The number of urea groups is 1. The molecule has 1 saturated heterocycles. The maximum Gasteiger partial charge on any atom is 0.335 e. The van der Waals surface area contributed by atoms with E-state index in [1.54, 1.807) is 36.4 Å². The smallest absolute Gasteiger partial charge is 0.335 e. The molecule has 1 aliphatic rings. The van der Waals surface area contributed by atoms with E-state index in [0.717, 1.165) is 10.5 Å². The molecule has 0 aromatic heterocycles. The molecular formula is C21H20N2O6. The molecule has 0 spiro atoms. The number of methoxy groups -OCH3 is 3. The van der Waals surface area contributed by atoms with Crippen LogP contribution in [0.15, 0.2) is 42.0 Å². The van der Waals surface area contributed by atoms with Crippen LogP contribution in [0.2, 0.25) is 0 Å². The number of carbonyl (C=O) groups is 3. The van der Waals surface area contributed by atoms with E-state index in [0.29, 0.717) is 28.5 Å². The van der Waals surface area contributed by atoms with Gasteiger partial charge >= 0.3 is 6.03 Å².